The van der Waals surface area contributed by atoms with E-state index in [0.717, 1.165) is 52.7 Å². The third kappa shape index (κ3) is 3.63. The number of benzene rings is 1. The van der Waals surface area contributed by atoms with Crippen molar-refractivity contribution in [1.29, 1.82) is 0 Å². The number of rotatable bonds is 6. The molecule has 0 saturated carbocycles. The molecule has 120 valence electrons. The SMILES string of the molecule is Cc1n[nH]c(C)c1CCNCc1cn[nH]c1-c1ccc(Cl)cc1. The van der Waals surface area contributed by atoms with Gasteiger partial charge in [-0.3, -0.25) is 10.2 Å². The van der Waals surface area contributed by atoms with Gasteiger partial charge in [-0.25, -0.2) is 0 Å². The number of H-pyrrole nitrogens is 2. The van der Waals surface area contributed by atoms with Crippen molar-refractivity contribution in [3.63, 3.8) is 0 Å². The third-order valence-corrected chi connectivity index (χ3v) is 4.25. The average Bonchev–Trinajstić information content (AvgIpc) is 3.13. The summed E-state index contributed by atoms with van der Waals surface area (Å²) in [4.78, 5) is 0. The summed E-state index contributed by atoms with van der Waals surface area (Å²) in [6.45, 7) is 5.76. The molecule has 6 heteroatoms. The molecular formula is C17H20ClN5. The van der Waals surface area contributed by atoms with Crippen molar-refractivity contribution >= 4 is 11.6 Å². The van der Waals surface area contributed by atoms with Crippen LogP contribution in [0.3, 0.4) is 0 Å². The summed E-state index contributed by atoms with van der Waals surface area (Å²) in [5.41, 5.74) is 6.79. The Labute approximate surface area is 140 Å². The van der Waals surface area contributed by atoms with Gasteiger partial charge < -0.3 is 5.32 Å². The van der Waals surface area contributed by atoms with E-state index in [1.54, 1.807) is 0 Å². The van der Waals surface area contributed by atoms with Crippen LogP contribution in [-0.2, 0) is 13.0 Å². The summed E-state index contributed by atoms with van der Waals surface area (Å²) in [6, 6.07) is 7.77. The number of hydrogen-bond donors (Lipinski definition) is 3. The third-order valence-electron chi connectivity index (χ3n) is 4.00. The molecule has 0 radical (unpaired) electrons. The van der Waals surface area contributed by atoms with E-state index >= 15 is 0 Å². The quantitative estimate of drug-likeness (QED) is 0.607. The maximum atomic E-state index is 5.94. The molecule has 0 unspecified atom stereocenters. The van der Waals surface area contributed by atoms with Crippen LogP contribution in [0.1, 0.15) is 22.5 Å². The minimum Gasteiger partial charge on any atom is -0.312 e. The molecule has 1 aromatic carbocycles. The fourth-order valence-corrected chi connectivity index (χ4v) is 2.82. The Hall–Kier alpha value is -2.11. The van der Waals surface area contributed by atoms with Gasteiger partial charge in [0, 0.05) is 22.8 Å². The lowest BCUT2D eigenvalue weighted by Gasteiger charge is -2.06. The first-order valence-corrected chi connectivity index (χ1v) is 8.02. The summed E-state index contributed by atoms with van der Waals surface area (Å²) < 4.78 is 0. The van der Waals surface area contributed by atoms with Crippen LogP contribution < -0.4 is 5.32 Å². The van der Waals surface area contributed by atoms with Gasteiger partial charge in [0.1, 0.15) is 0 Å². The lowest BCUT2D eigenvalue weighted by atomic mass is 10.1. The Morgan fingerprint density at radius 1 is 1.13 bits per heavy atom. The van der Waals surface area contributed by atoms with Gasteiger partial charge in [-0.2, -0.15) is 10.2 Å². The molecule has 3 rings (SSSR count). The van der Waals surface area contributed by atoms with Crippen LogP contribution >= 0.6 is 11.6 Å². The largest absolute Gasteiger partial charge is 0.312 e. The highest BCUT2D eigenvalue weighted by atomic mass is 35.5. The van der Waals surface area contributed by atoms with Gasteiger partial charge in [0.25, 0.3) is 0 Å². The molecule has 2 heterocycles. The van der Waals surface area contributed by atoms with E-state index in [9.17, 15) is 0 Å². The van der Waals surface area contributed by atoms with Crippen LogP contribution in [0.2, 0.25) is 5.02 Å². The molecule has 0 aliphatic carbocycles. The number of halogens is 1. The van der Waals surface area contributed by atoms with E-state index in [4.69, 9.17) is 11.6 Å². The number of aryl methyl sites for hydroxylation is 2. The molecule has 0 bridgehead atoms. The standard InChI is InChI=1S/C17H20ClN5/c1-11-16(12(2)22-21-11)7-8-19-9-14-10-20-23-17(14)13-3-5-15(18)6-4-13/h3-6,10,19H,7-9H2,1-2H3,(H,20,23)(H,21,22). The molecular weight excluding hydrogens is 310 g/mol. The first-order chi connectivity index (χ1) is 11.1. The molecule has 0 spiro atoms. The second-order valence-corrected chi connectivity index (χ2v) is 6.05. The monoisotopic (exact) mass is 329 g/mol. The molecule has 0 fully saturated rings. The summed E-state index contributed by atoms with van der Waals surface area (Å²) in [5.74, 6) is 0. The molecule has 0 amide bonds. The molecule has 0 aliphatic rings. The average molecular weight is 330 g/mol. The van der Waals surface area contributed by atoms with E-state index in [2.05, 4.69) is 32.6 Å². The highest BCUT2D eigenvalue weighted by molar-refractivity contribution is 6.30. The van der Waals surface area contributed by atoms with Gasteiger partial charge >= 0.3 is 0 Å². The van der Waals surface area contributed by atoms with E-state index < -0.39 is 0 Å². The zero-order chi connectivity index (χ0) is 16.2. The molecule has 23 heavy (non-hydrogen) atoms. The minimum absolute atomic E-state index is 0.735. The molecule has 0 atom stereocenters. The number of nitrogens with zero attached hydrogens (tertiary/aromatic N) is 2. The second-order valence-electron chi connectivity index (χ2n) is 5.62. The fourth-order valence-electron chi connectivity index (χ4n) is 2.69. The van der Waals surface area contributed by atoms with Crippen molar-refractivity contribution in [3.05, 3.63) is 58.0 Å². The molecule has 2 aromatic heterocycles. The Morgan fingerprint density at radius 2 is 1.91 bits per heavy atom. The molecule has 3 aromatic rings. The van der Waals surface area contributed by atoms with Crippen LogP contribution in [0.15, 0.2) is 30.5 Å². The van der Waals surface area contributed by atoms with Gasteiger partial charge in [0.2, 0.25) is 0 Å². The Balaban J connectivity index is 1.59. The lowest BCUT2D eigenvalue weighted by molar-refractivity contribution is 0.685. The normalized spacial score (nSPS) is 11.1. The van der Waals surface area contributed by atoms with Crippen LogP contribution in [0.5, 0.6) is 0 Å². The Bertz CT molecular complexity index is 753. The number of hydrogen-bond acceptors (Lipinski definition) is 3. The van der Waals surface area contributed by atoms with Crippen molar-refractivity contribution in [2.75, 3.05) is 6.54 Å². The molecule has 0 saturated heterocycles. The van der Waals surface area contributed by atoms with E-state index in [0.29, 0.717) is 0 Å². The smallest absolute Gasteiger partial charge is 0.0695 e. The maximum absolute atomic E-state index is 5.94. The van der Waals surface area contributed by atoms with E-state index in [1.165, 1.54) is 5.56 Å². The lowest BCUT2D eigenvalue weighted by Crippen LogP contribution is -2.17. The van der Waals surface area contributed by atoms with Gasteiger partial charge in [-0.05, 0) is 50.1 Å². The summed E-state index contributed by atoms with van der Waals surface area (Å²) in [6.07, 6.45) is 2.83. The van der Waals surface area contributed by atoms with Gasteiger partial charge in [-0.15, -0.1) is 0 Å². The van der Waals surface area contributed by atoms with Crippen LogP contribution in [-0.4, -0.2) is 26.9 Å². The van der Waals surface area contributed by atoms with E-state index in [-0.39, 0.29) is 0 Å². The molecule has 3 N–H and O–H groups in total. The predicted molar refractivity (Wildman–Crippen MR) is 92.5 cm³/mol. The Morgan fingerprint density at radius 3 is 2.61 bits per heavy atom. The Kier molecular flexibility index (Phi) is 4.79. The zero-order valence-electron chi connectivity index (χ0n) is 13.3. The van der Waals surface area contributed by atoms with Crippen LogP contribution in [0.25, 0.3) is 11.3 Å². The van der Waals surface area contributed by atoms with Crippen LogP contribution in [0.4, 0.5) is 0 Å². The van der Waals surface area contributed by atoms with Crippen molar-refractivity contribution in [1.82, 2.24) is 25.7 Å². The summed E-state index contributed by atoms with van der Waals surface area (Å²) in [5, 5.41) is 18.7. The van der Waals surface area contributed by atoms with Crippen molar-refractivity contribution in [2.24, 2.45) is 0 Å². The fraction of sp³-hybridized carbons (Fsp3) is 0.294. The van der Waals surface area contributed by atoms with Gasteiger partial charge in [0.15, 0.2) is 0 Å². The van der Waals surface area contributed by atoms with Crippen molar-refractivity contribution in [3.8, 4) is 11.3 Å². The minimum atomic E-state index is 0.735. The van der Waals surface area contributed by atoms with Gasteiger partial charge in [0.05, 0.1) is 17.6 Å². The van der Waals surface area contributed by atoms with Gasteiger partial charge in [-0.1, -0.05) is 23.7 Å². The predicted octanol–water partition coefficient (Wildman–Crippen LogP) is 3.40. The van der Waals surface area contributed by atoms with E-state index in [1.807, 2.05) is 37.4 Å². The summed E-state index contributed by atoms with van der Waals surface area (Å²) in [7, 11) is 0. The summed E-state index contributed by atoms with van der Waals surface area (Å²) >= 11 is 5.94. The number of aromatic nitrogens is 4. The van der Waals surface area contributed by atoms with Crippen molar-refractivity contribution < 1.29 is 0 Å². The number of nitrogens with one attached hydrogen (secondary N) is 3. The second kappa shape index (κ2) is 6.98. The van der Waals surface area contributed by atoms with Crippen LogP contribution in [0, 0.1) is 13.8 Å². The number of aromatic amines is 2. The van der Waals surface area contributed by atoms with Crippen molar-refractivity contribution in [2.45, 2.75) is 26.8 Å². The first-order valence-electron chi connectivity index (χ1n) is 7.64. The molecule has 5 nitrogen and oxygen atoms in total. The molecule has 0 aliphatic heterocycles. The maximum Gasteiger partial charge on any atom is 0.0695 e. The first kappa shape index (κ1) is 15.8. The zero-order valence-corrected chi connectivity index (χ0v) is 14.0. The highest BCUT2D eigenvalue weighted by Gasteiger charge is 2.09. The highest BCUT2D eigenvalue weighted by Crippen LogP contribution is 2.22. The topological polar surface area (TPSA) is 69.4 Å².